The van der Waals surface area contributed by atoms with E-state index < -0.39 is 11.7 Å². The molecule has 8 heteroatoms. The van der Waals surface area contributed by atoms with Gasteiger partial charge in [0, 0.05) is 37.3 Å². The minimum atomic E-state index is -0.806. The third-order valence-electron chi connectivity index (χ3n) is 4.46. The number of ketones is 1. The molecule has 4 rings (SSSR count). The number of pyridine rings is 2. The van der Waals surface area contributed by atoms with Crippen LogP contribution in [0.15, 0.2) is 43.0 Å². The molecule has 140 valence electrons. The predicted octanol–water partition coefficient (Wildman–Crippen LogP) is 3.06. The Balaban J connectivity index is 1.66. The van der Waals surface area contributed by atoms with Gasteiger partial charge in [0.1, 0.15) is 17.8 Å². The monoisotopic (exact) mass is 376 g/mol. The summed E-state index contributed by atoms with van der Waals surface area (Å²) in [5.74, 6) is -0.794. The van der Waals surface area contributed by atoms with Gasteiger partial charge in [-0.3, -0.25) is 9.78 Å². The van der Waals surface area contributed by atoms with Gasteiger partial charge in [-0.2, -0.15) is 4.39 Å². The lowest BCUT2D eigenvalue weighted by Gasteiger charge is -2.06. The molecule has 2 N–H and O–H groups in total. The molecule has 0 unspecified atom stereocenters. The number of H-pyrrole nitrogens is 1. The Kier molecular flexibility index (Phi) is 4.52. The molecular weight excluding hydrogens is 359 g/mol. The standard InChI is InChI=1S/C20H17FN6O/c1-11-3-4-12(8-23-11)7-13-5-6-14(18(21)27-13)17(28)15-9-24-20-16(15)19(22-2)25-10-26-20/h3-6,8-10H,7H2,1-2H3,(H2,22,24,25,26). The highest BCUT2D eigenvalue weighted by atomic mass is 19.1. The number of nitrogens with one attached hydrogen (secondary N) is 2. The number of anilines is 1. The van der Waals surface area contributed by atoms with Crippen LogP contribution in [0.1, 0.15) is 32.9 Å². The number of hydrogen-bond acceptors (Lipinski definition) is 6. The minimum Gasteiger partial charge on any atom is -0.372 e. The molecule has 0 amide bonds. The number of aromatic amines is 1. The normalized spacial score (nSPS) is 11.0. The molecule has 0 aliphatic carbocycles. The van der Waals surface area contributed by atoms with Crippen molar-refractivity contribution in [2.24, 2.45) is 0 Å². The lowest BCUT2D eigenvalue weighted by atomic mass is 10.0. The molecule has 4 heterocycles. The highest BCUT2D eigenvalue weighted by molar-refractivity contribution is 6.17. The van der Waals surface area contributed by atoms with E-state index in [4.69, 9.17) is 0 Å². The summed E-state index contributed by atoms with van der Waals surface area (Å²) >= 11 is 0. The fourth-order valence-electron chi connectivity index (χ4n) is 3.03. The lowest BCUT2D eigenvalue weighted by molar-refractivity contribution is 0.103. The van der Waals surface area contributed by atoms with E-state index in [0.717, 1.165) is 11.3 Å². The maximum absolute atomic E-state index is 14.6. The summed E-state index contributed by atoms with van der Waals surface area (Å²) in [6.45, 7) is 1.90. The number of aryl methyl sites for hydroxylation is 1. The molecule has 0 fully saturated rings. The summed E-state index contributed by atoms with van der Waals surface area (Å²) in [4.78, 5) is 32.3. The Labute approximate surface area is 160 Å². The third kappa shape index (κ3) is 3.20. The van der Waals surface area contributed by atoms with Gasteiger partial charge in [0.15, 0.2) is 5.78 Å². The number of rotatable bonds is 5. The molecule has 0 aliphatic heterocycles. The van der Waals surface area contributed by atoms with Crippen LogP contribution in [0.2, 0.25) is 0 Å². The number of fused-ring (bicyclic) bond motifs is 1. The van der Waals surface area contributed by atoms with Crippen molar-refractivity contribution in [1.82, 2.24) is 24.9 Å². The Hall–Kier alpha value is -3.68. The Bertz CT molecular complexity index is 1170. The summed E-state index contributed by atoms with van der Waals surface area (Å²) in [5, 5.41) is 3.44. The van der Waals surface area contributed by atoms with Crippen LogP contribution in [0.25, 0.3) is 11.0 Å². The van der Waals surface area contributed by atoms with Crippen molar-refractivity contribution in [2.45, 2.75) is 13.3 Å². The maximum atomic E-state index is 14.6. The van der Waals surface area contributed by atoms with Crippen molar-refractivity contribution >= 4 is 22.6 Å². The third-order valence-corrected chi connectivity index (χ3v) is 4.46. The molecule has 0 saturated carbocycles. The Morgan fingerprint density at radius 3 is 2.71 bits per heavy atom. The summed E-state index contributed by atoms with van der Waals surface area (Å²) < 4.78 is 14.6. The summed E-state index contributed by atoms with van der Waals surface area (Å²) in [6.07, 6.45) is 5.06. The van der Waals surface area contributed by atoms with E-state index in [1.807, 2.05) is 19.1 Å². The van der Waals surface area contributed by atoms with Crippen molar-refractivity contribution in [3.8, 4) is 0 Å². The topological polar surface area (TPSA) is 96.5 Å². The van der Waals surface area contributed by atoms with Crippen molar-refractivity contribution in [3.05, 3.63) is 77.0 Å². The molecule has 0 atom stereocenters. The fourth-order valence-corrected chi connectivity index (χ4v) is 3.03. The number of aromatic nitrogens is 5. The fraction of sp³-hybridized carbons (Fsp3) is 0.150. The molecule has 0 aromatic carbocycles. The van der Waals surface area contributed by atoms with E-state index in [0.29, 0.717) is 29.0 Å². The van der Waals surface area contributed by atoms with E-state index >= 15 is 0 Å². The Morgan fingerprint density at radius 2 is 2.00 bits per heavy atom. The number of halogens is 1. The van der Waals surface area contributed by atoms with Gasteiger partial charge in [-0.15, -0.1) is 0 Å². The van der Waals surface area contributed by atoms with Gasteiger partial charge < -0.3 is 10.3 Å². The minimum absolute atomic E-state index is 0.0995. The number of hydrogen-bond donors (Lipinski definition) is 2. The molecule has 4 aromatic rings. The van der Waals surface area contributed by atoms with Gasteiger partial charge in [-0.05, 0) is 30.7 Å². The summed E-state index contributed by atoms with van der Waals surface area (Å²) in [7, 11) is 1.69. The van der Waals surface area contributed by atoms with Gasteiger partial charge in [0.05, 0.1) is 16.5 Å². The van der Waals surface area contributed by atoms with E-state index in [1.54, 1.807) is 19.3 Å². The van der Waals surface area contributed by atoms with Gasteiger partial charge in [0.2, 0.25) is 5.95 Å². The molecule has 7 nitrogen and oxygen atoms in total. The molecular formula is C20H17FN6O. The van der Waals surface area contributed by atoms with Crippen molar-refractivity contribution < 1.29 is 9.18 Å². The molecule has 0 spiro atoms. The van der Waals surface area contributed by atoms with Gasteiger partial charge in [-0.25, -0.2) is 15.0 Å². The molecule has 4 aromatic heterocycles. The van der Waals surface area contributed by atoms with Gasteiger partial charge >= 0.3 is 0 Å². The predicted molar refractivity (Wildman–Crippen MR) is 103 cm³/mol. The summed E-state index contributed by atoms with van der Waals surface area (Å²) in [5.41, 5.74) is 3.04. The molecule has 0 bridgehead atoms. The van der Waals surface area contributed by atoms with Crippen LogP contribution < -0.4 is 5.32 Å². The van der Waals surface area contributed by atoms with E-state index in [-0.39, 0.29) is 11.1 Å². The van der Waals surface area contributed by atoms with Crippen molar-refractivity contribution in [1.29, 1.82) is 0 Å². The maximum Gasteiger partial charge on any atom is 0.224 e. The van der Waals surface area contributed by atoms with E-state index in [1.165, 1.54) is 18.6 Å². The highest BCUT2D eigenvalue weighted by Gasteiger charge is 2.21. The smallest absolute Gasteiger partial charge is 0.224 e. The van der Waals surface area contributed by atoms with Crippen molar-refractivity contribution in [3.63, 3.8) is 0 Å². The second-order valence-electron chi connectivity index (χ2n) is 6.35. The molecule has 28 heavy (non-hydrogen) atoms. The first-order chi connectivity index (χ1) is 13.6. The molecule has 0 radical (unpaired) electrons. The van der Waals surface area contributed by atoms with Crippen molar-refractivity contribution in [2.75, 3.05) is 12.4 Å². The van der Waals surface area contributed by atoms with Gasteiger partial charge in [-0.1, -0.05) is 6.07 Å². The van der Waals surface area contributed by atoms with Crippen LogP contribution in [0.4, 0.5) is 10.2 Å². The zero-order chi connectivity index (χ0) is 19.7. The Morgan fingerprint density at radius 1 is 1.14 bits per heavy atom. The number of carbonyl (C=O) groups is 1. The zero-order valence-corrected chi connectivity index (χ0v) is 15.3. The lowest BCUT2D eigenvalue weighted by Crippen LogP contribution is -2.08. The van der Waals surface area contributed by atoms with E-state index in [2.05, 4.69) is 30.2 Å². The first-order valence-electron chi connectivity index (χ1n) is 8.68. The summed E-state index contributed by atoms with van der Waals surface area (Å²) in [6, 6.07) is 6.93. The van der Waals surface area contributed by atoms with E-state index in [9.17, 15) is 9.18 Å². The van der Waals surface area contributed by atoms with Gasteiger partial charge in [0.25, 0.3) is 0 Å². The zero-order valence-electron chi connectivity index (χ0n) is 15.3. The van der Waals surface area contributed by atoms with Crippen LogP contribution in [-0.2, 0) is 6.42 Å². The first-order valence-corrected chi connectivity index (χ1v) is 8.68. The number of nitrogens with zero attached hydrogens (tertiary/aromatic N) is 4. The average Bonchev–Trinajstić information content (AvgIpc) is 3.14. The second kappa shape index (κ2) is 7.15. The van der Waals surface area contributed by atoms with Crippen LogP contribution in [-0.4, -0.2) is 37.8 Å². The van der Waals surface area contributed by atoms with Crippen LogP contribution in [0.3, 0.4) is 0 Å². The average molecular weight is 376 g/mol. The molecule has 0 aliphatic rings. The van der Waals surface area contributed by atoms with Crippen LogP contribution in [0.5, 0.6) is 0 Å². The first kappa shape index (κ1) is 17.7. The van der Waals surface area contributed by atoms with Crippen LogP contribution >= 0.6 is 0 Å². The highest BCUT2D eigenvalue weighted by Crippen LogP contribution is 2.26. The SMILES string of the molecule is CNc1ncnc2[nH]cc(C(=O)c3ccc(Cc4ccc(C)nc4)nc3F)c12. The quantitative estimate of drug-likeness (QED) is 0.410. The number of carbonyl (C=O) groups excluding carboxylic acids is 1. The largest absolute Gasteiger partial charge is 0.372 e. The second-order valence-corrected chi connectivity index (χ2v) is 6.35. The van der Waals surface area contributed by atoms with Crippen LogP contribution in [0, 0.1) is 12.9 Å². The molecule has 0 saturated heterocycles.